The van der Waals surface area contributed by atoms with E-state index in [1.54, 1.807) is 0 Å². The molecule has 0 spiro atoms. The lowest BCUT2D eigenvalue weighted by atomic mass is 9.94. The third-order valence-electron chi connectivity index (χ3n) is 4.29. The highest BCUT2D eigenvalue weighted by atomic mass is 16.2. The van der Waals surface area contributed by atoms with Crippen molar-refractivity contribution < 1.29 is 4.79 Å². The summed E-state index contributed by atoms with van der Waals surface area (Å²) in [4.78, 5) is 14.3. The number of rotatable bonds is 2. The van der Waals surface area contributed by atoms with E-state index in [1.165, 1.54) is 32.1 Å². The highest BCUT2D eigenvalue weighted by Crippen LogP contribution is 2.20. The molecule has 3 nitrogen and oxygen atoms in total. The zero-order chi connectivity index (χ0) is 12.1. The predicted molar refractivity (Wildman–Crippen MR) is 69.8 cm³/mol. The van der Waals surface area contributed by atoms with Gasteiger partial charge >= 0.3 is 0 Å². The van der Waals surface area contributed by atoms with E-state index in [-0.39, 0.29) is 0 Å². The number of likely N-dealkylation sites (tertiary alicyclic amines) is 1. The zero-order valence-corrected chi connectivity index (χ0v) is 11.1. The first-order valence-corrected chi connectivity index (χ1v) is 7.24. The van der Waals surface area contributed by atoms with Gasteiger partial charge in [0.2, 0.25) is 5.91 Å². The SMILES string of the molecule is CC1CCCN(C(=O)CC2CCNCC2)CC1. The Labute approximate surface area is 105 Å². The average molecular weight is 238 g/mol. The smallest absolute Gasteiger partial charge is 0.222 e. The van der Waals surface area contributed by atoms with Gasteiger partial charge in [-0.05, 0) is 57.0 Å². The summed E-state index contributed by atoms with van der Waals surface area (Å²) in [6, 6.07) is 0. The summed E-state index contributed by atoms with van der Waals surface area (Å²) in [5.74, 6) is 1.84. The van der Waals surface area contributed by atoms with Crippen molar-refractivity contribution in [2.45, 2.75) is 45.4 Å². The standard InChI is InChI=1S/C14H26N2O/c1-12-3-2-9-16(10-6-12)14(17)11-13-4-7-15-8-5-13/h12-13,15H,2-11H2,1H3. The van der Waals surface area contributed by atoms with Crippen LogP contribution in [0.4, 0.5) is 0 Å². The number of amides is 1. The van der Waals surface area contributed by atoms with Crippen LogP contribution in [0.2, 0.25) is 0 Å². The van der Waals surface area contributed by atoms with Crippen molar-refractivity contribution in [2.24, 2.45) is 11.8 Å². The molecule has 1 atom stereocenters. The average Bonchev–Trinajstić information content (AvgIpc) is 2.55. The van der Waals surface area contributed by atoms with Crippen LogP contribution in [0.5, 0.6) is 0 Å². The Hall–Kier alpha value is -0.570. The van der Waals surface area contributed by atoms with E-state index < -0.39 is 0 Å². The highest BCUT2D eigenvalue weighted by Gasteiger charge is 2.22. The molecule has 3 heteroatoms. The van der Waals surface area contributed by atoms with Crippen LogP contribution in [0.1, 0.15) is 45.4 Å². The van der Waals surface area contributed by atoms with Crippen LogP contribution >= 0.6 is 0 Å². The molecule has 0 aromatic carbocycles. The molecule has 17 heavy (non-hydrogen) atoms. The normalized spacial score (nSPS) is 27.8. The molecule has 0 bridgehead atoms. The molecule has 2 rings (SSSR count). The highest BCUT2D eigenvalue weighted by molar-refractivity contribution is 5.76. The van der Waals surface area contributed by atoms with E-state index in [2.05, 4.69) is 17.1 Å². The molecule has 0 saturated carbocycles. The summed E-state index contributed by atoms with van der Waals surface area (Å²) in [7, 11) is 0. The van der Waals surface area contributed by atoms with Crippen molar-refractivity contribution in [3.63, 3.8) is 0 Å². The monoisotopic (exact) mass is 238 g/mol. The number of carbonyl (C=O) groups is 1. The lowest BCUT2D eigenvalue weighted by molar-refractivity contribution is -0.132. The van der Waals surface area contributed by atoms with Crippen molar-refractivity contribution in [1.82, 2.24) is 10.2 Å². The van der Waals surface area contributed by atoms with E-state index in [9.17, 15) is 4.79 Å². The van der Waals surface area contributed by atoms with Crippen molar-refractivity contribution in [1.29, 1.82) is 0 Å². The van der Waals surface area contributed by atoms with Gasteiger partial charge in [0.15, 0.2) is 0 Å². The van der Waals surface area contributed by atoms with E-state index >= 15 is 0 Å². The molecule has 98 valence electrons. The van der Waals surface area contributed by atoms with E-state index in [1.807, 2.05) is 0 Å². The van der Waals surface area contributed by atoms with Gasteiger partial charge < -0.3 is 10.2 Å². The van der Waals surface area contributed by atoms with Crippen LogP contribution in [0.15, 0.2) is 0 Å². The van der Waals surface area contributed by atoms with Gasteiger partial charge in [-0.2, -0.15) is 0 Å². The fourth-order valence-electron chi connectivity index (χ4n) is 2.97. The van der Waals surface area contributed by atoms with Gasteiger partial charge in [0.1, 0.15) is 0 Å². The van der Waals surface area contributed by atoms with Crippen LogP contribution in [0.25, 0.3) is 0 Å². The number of carbonyl (C=O) groups excluding carboxylic acids is 1. The van der Waals surface area contributed by atoms with Gasteiger partial charge in [-0.1, -0.05) is 6.92 Å². The molecule has 1 amide bonds. The lowest BCUT2D eigenvalue weighted by Crippen LogP contribution is -2.36. The second kappa shape index (κ2) is 6.39. The third kappa shape index (κ3) is 3.98. The van der Waals surface area contributed by atoms with Gasteiger partial charge in [0.05, 0.1) is 0 Å². The van der Waals surface area contributed by atoms with E-state index in [0.717, 1.165) is 38.5 Å². The number of hydrogen-bond acceptors (Lipinski definition) is 2. The van der Waals surface area contributed by atoms with Crippen molar-refractivity contribution in [2.75, 3.05) is 26.2 Å². The molecule has 2 heterocycles. The molecular formula is C14H26N2O. The van der Waals surface area contributed by atoms with Gasteiger partial charge in [-0.15, -0.1) is 0 Å². The Morgan fingerprint density at radius 1 is 1.18 bits per heavy atom. The quantitative estimate of drug-likeness (QED) is 0.798. The number of nitrogens with one attached hydrogen (secondary N) is 1. The van der Waals surface area contributed by atoms with Gasteiger partial charge in [-0.3, -0.25) is 4.79 Å². The molecule has 0 radical (unpaired) electrons. The first kappa shape index (κ1) is 12.9. The molecule has 0 aromatic rings. The molecule has 0 aliphatic carbocycles. The second-order valence-electron chi connectivity index (χ2n) is 5.81. The Bertz CT molecular complexity index is 249. The molecule has 2 aliphatic heterocycles. The molecular weight excluding hydrogens is 212 g/mol. The lowest BCUT2D eigenvalue weighted by Gasteiger charge is -2.26. The Balaban J connectivity index is 1.77. The molecule has 2 aliphatic rings. The van der Waals surface area contributed by atoms with Crippen LogP contribution < -0.4 is 5.32 Å². The Morgan fingerprint density at radius 2 is 1.94 bits per heavy atom. The molecule has 2 fully saturated rings. The predicted octanol–water partition coefficient (Wildman–Crippen LogP) is 2.02. The summed E-state index contributed by atoms with van der Waals surface area (Å²) in [5, 5.41) is 3.36. The summed E-state index contributed by atoms with van der Waals surface area (Å²) < 4.78 is 0. The van der Waals surface area contributed by atoms with Crippen LogP contribution in [0.3, 0.4) is 0 Å². The van der Waals surface area contributed by atoms with Gasteiger partial charge in [-0.25, -0.2) is 0 Å². The van der Waals surface area contributed by atoms with E-state index in [0.29, 0.717) is 11.8 Å². The maximum absolute atomic E-state index is 12.2. The number of hydrogen-bond donors (Lipinski definition) is 1. The summed E-state index contributed by atoms with van der Waals surface area (Å²) >= 11 is 0. The maximum Gasteiger partial charge on any atom is 0.222 e. The Morgan fingerprint density at radius 3 is 2.71 bits per heavy atom. The molecule has 2 saturated heterocycles. The Kier molecular flexibility index (Phi) is 4.84. The number of piperidine rings is 1. The van der Waals surface area contributed by atoms with Crippen LogP contribution in [-0.4, -0.2) is 37.0 Å². The third-order valence-corrected chi connectivity index (χ3v) is 4.29. The second-order valence-corrected chi connectivity index (χ2v) is 5.81. The summed E-state index contributed by atoms with van der Waals surface area (Å²) in [5.41, 5.74) is 0. The maximum atomic E-state index is 12.2. The first-order chi connectivity index (χ1) is 8.25. The minimum absolute atomic E-state index is 0.408. The molecule has 1 unspecified atom stereocenters. The largest absolute Gasteiger partial charge is 0.343 e. The summed E-state index contributed by atoms with van der Waals surface area (Å²) in [6.45, 7) is 6.48. The topological polar surface area (TPSA) is 32.3 Å². The minimum Gasteiger partial charge on any atom is -0.343 e. The minimum atomic E-state index is 0.408. The molecule has 0 aromatic heterocycles. The zero-order valence-electron chi connectivity index (χ0n) is 11.1. The van der Waals surface area contributed by atoms with Crippen molar-refractivity contribution >= 4 is 5.91 Å². The number of nitrogens with zero attached hydrogens (tertiary/aromatic N) is 1. The van der Waals surface area contributed by atoms with Crippen LogP contribution in [0, 0.1) is 11.8 Å². The fourth-order valence-corrected chi connectivity index (χ4v) is 2.97. The van der Waals surface area contributed by atoms with Crippen molar-refractivity contribution in [3.05, 3.63) is 0 Å². The summed E-state index contributed by atoms with van der Waals surface area (Å²) in [6.07, 6.45) is 6.82. The molecule has 1 N–H and O–H groups in total. The van der Waals surface area contributed by atoms with Crippen molar-refractivity contribution in [3.8, 4) is 0 Å². The van der Waals surface area contributed by atoms with Gasteiger partial charge in [0, 0.05) is 19.5 Å². The van der Waals surface area contributed by atoms with Gasteiger partial charge in [0.25, 0.3) is 0 Å². The van der Waals surface area contributed by atoms with Crippen LogP contribution in [-0.2, 0) is 4.79 Å². The fraction of sp³-hybridized carbons (Fsp3) is 0.929. The van der Waals surface area contributed by atoms with E-state index in [4.69, 9.17) is 0 Å². The first-order valence-electron chi connectivity index (χ1n) is 7.24.